The Labute approximate surface area is 190 Å². The minimum atomic E-state index is -4.30. The van der Waals surface area contributed by atoms with Crippen molar-refractivity contribution in [1.29, 1.82) is 0 Å². The zero-order valence-corrected chi connectivity index (χ0v) is 18.4. The van der Waals surface area contributed by atoms with Crippen LogP contribution in [-0.2, 0) is 17.6 Å². The van der Waals surface area contributed by atoms with Crippen LogP contribution in [0.25, 0.3) is 5.69 Å². The monoisotopic (exact) mass is 468 g/mol. The Balaban J connectivity index is 1.36. The molecule has 1 aliphatic heterocycles. The number of carbonyl (C=O) groups excluding carboxylic acids is 1. The van der Waals surface area contributed by atoms with Crippen LogP contribution in [0.2, 0.25) is 0 Å². The molecule has 1 aliphatic carbocycles. The van der Waals surface area contributed by atoms with E-state index in [0.717, 1.165) is 42.6 Å². The van der Waals surface area contributed by atoms with Crippen LogP contribution in [0.4, 0.5) is 17.6 Å². The van der Waals surface area contributed by atoms with Crippen LogP contribution in [0.15, 0.2) is 24.3 Å². The molecule has 0 saturated carbocycles. The topological polar surface area (TPSA) is 50.6 Å². The third-order valence-corrected chi connectivity index (χ3v) is 6.14. The van der Waals surface area contributed by atoms with Crippen molar-refractivity contribution in [2.75, 3.05) is 45.9 Å². The second-order valence-corrected chi connectivity index (χ2v) is 8.52. The quantitative estimate of drug-likeness (QED) is 0.460. The number of nitrogens with zero attached hydrogens (tertiary/aromatic N) is 4. The molecule has 4 rings (SSSR count). The zero-order chi connectivity index (χ0) is 23.4. The number of halogens is 4. The zero-order valence-electron chi connectivity index (χ0n) is 18.4. The van der Waals surface area contributed by atoms with Gasteiger partial charge in [0.25, 0.3) is 5.91 Å². The second-order valence-electron chi connectivity index (χ2n) is 8.52. The van der Waals surface area contributed by atoms with Crippen LogP contribution in [-0.4, -0.2) is 77.6 Å². The predicted octanol–water partition coefficient (Wildman–Crippen LogP) is 3.62. The molecule has 0 N–H and O–H groups in total. The van der Waals surface area contributed by atoms with Crippen molar-refractivity contribution in [3.8, 4) is 5.69 Å². The molecule has 10 heteroatoms. The van der Waals surface area contributed by atoms with Gasteiger partial charge in [-0.15, -0.1) is 0 Å². The van der Waals surface area contributed by atoms with Gasteiger partial charge in [0.05, 0.1) is 5.69 Å². The molecule has 1 amide bonds. The van der Waals surface area contributed by atoms with Crippen LogP contribution < -0.4 is 0 Å². The predicted molar refractivity (Wildman–Crippen MR) is 114 cm³/mol. The smallest absolute Gasteiger partial charge is 0.372 e. The van der Waals surface area contributed by atoms with E-state index in [9.17, 15) is 22.4 Å². The van der Waals surface area contributed by atoms with Gasteiger partial charge in [0.15, 0.2) is 5.69 Å². The molecule has 1 aromatic carbocycles. The standard InChI is InChI=1S/C23H28F4N4O2/c24-17-6-8-18(9-7-17)31-20-5-2-1-4-19(20)21(28-31)22(32)30-13-11-29(12-14-30)10-3-15-33-16-23(25,26)27/h6-9H,1-5,10-16H2. The summed E-state index contributed by atoms with van der Waals surface area (Å²) in [6.45, 7) is 1.88. The second kappa shape index (κ2) is 10.2. The molecule has 1 aromatic heterocycles. The Hall–Kier alpha value is -2.46. The van der Waals surface area contributed by atoms with Gasteiger partial charge in [-0.2, -0.15) is 18.3 Å². The molecule has 0 spiro atoms. The molecule has 2 aromatic rings. The largest absolute Gasteiger partial charge is 0.411 e. The summed E-state index contributed by atoms with van der Waals surface area (Å²) < 4.78 is 56.2. The van der Waals surface area contributed by atoms with Crippen LogP contribution in [0.5, 0.6) is 0 Å². The molecule has 0 atom stereocenters. The van der Waals surface area contributed by atoms with Crippen molar-refractivity contribution in [1.82, 2.24) is 19.6 Å². The number of benzene rings is 1. The third kappa shape index (κ3) is 5.92. The number of carbonyl (C=O) groups is 1. The summed E-state index contributed by atoms with van der Waals surface area (Å²) in [5.41, 5.74) is 3.22. The fourth-order valence-corrected chi connectivity index (χ4v) is 4.47. The average Bonchev–Trinajstić information content (AvgIpc) is 3.18. The molecule has 0 radical (unpaired) electrons. The summed E-state index contributed by atoms with van der Waals surface area (Å²) in [5, 5.41) is 4.66. The van der Waals surface area contributed by atoms with E-state index in [1.807, 2.05) is 0 Å². The molecule has 180 valence electrons. The summed E-state index contributed by atoms with van der Waals surface area (Å²) in [7, 11) is 0. The molecule has 6 nitrogen and oxygen atoms in total. The first-order valence-electron chi connectivity index (χ1n) is 11.3. The molecule has 2 heterocycles. The van der Waals surface area contributed by atoms with Crippen molar-refractivity contribution in [3.05, 3.63) is 47.0 Å². The lowest BCUT2D eigenvalue weighted by Gasteiger charge is -2.34. The maximum atomic E-state index is 13.4. The minimum Gasteiger partial charge on any atom is -0.372 e. The highest BCUT2D eigenvalue weighted by Gasteiger charge is 2.30. The molecular weight excluding hydrogens is 440 g/mol. The van der Waals surface area contributed by atoms with Gasteiger partial charge < -0.3 is 9.64 Å². The van der Waals surface area contributed by atoms with Gasteiger partial charge >= 0.3 is 6.18 Å². The number of rotatable bonds is 7. The molecular formula is C23H28F4N4O2. The number of amides is 1. The van der Waals surface area contributed by atoms with Gasteiger partial charge in [-0.05, 0) is 56.4 Å². The Kier molecular flexibility index (Phi) is 7.33. The first kappa shape index (κ1) is 23.7. The molecule has 1 saturated heterocycles. The summed E-state index contributed by atoms with van der Waals surface area (Å²) in [6, 6.07) is 6.12. The lowest BCUT2D eigenvalue weighted by atomic mass is 9.95. The average molecular weight is 468 g/mol. The third-order valence-electron chi connectivity index (χ3n) is 6.14. The van der Waals surface area contributed by atoms with E-state index in [2.05, 4.69) is 14.7 Å². The van der Waals surface area contributed by atoms with Gasteiger partial charge in [0, 0.05) is 50.6 Å². The molecule has 2 aliphatic rings. The number of hydrogen-bond acceptors (Lipinski definition) is 4. The lowest BCUT2D eigenvalue weighted by molar-refractivity contribution is -0.174. The fraction of sp³-hybridized carbons (Fsp3) is 0.565. The number of hydrogen-bond donors (Lipinski definition) is 0. The number of alkyl halides is 3. The van der Waals surface area contributed by atoms with Gasteiger partial charge in [-0.25, -0.2) is 9.07 Å². The van der Waals surface area contributed by atoms with E-state index in [1.54, 1.807) is 21.7 Å². The Morgan fingerprint density at radius 3 is 2.42 bits per heavy atom. The summed E-state index contributed by atoms with van der Waals surface area (Å²) >= 11 is 0. The maximum absolute atomic E-state index is 13.4. The summed E-state index contributed by atoms with van der Waals surface area (Å²) in [5.74, 6) is -0.414. The first-order valence-corrected chi connectivity index (χ1v) is 11.3. The summed E-state index contributed by atoms with van der Waals surface area (Å²) in [6.07, 6.45) is -0.118. The minimum absolute atomic E-state index is 0.0611. The highest BCUT2D eigenvalue weighted by Crippen LogP contribution is 2.28. The summed E-state index contributed by atoms with van der Waals surface area (Å²) in [4.78, 5) is 17.2. The van der Waals surface area contributed by atoms with Crippen molar-refractivity contribution < 1.29 is 27.1 Å². The highest BCUT2D eigenvalue weighted by atomic mass is 19.4. The number of aromatic nitrogens is 2. The molecule has 0 bridgehead atoms. The normalized spacial score (nSPS) is 17.3. The van der Waals surface area contributed by atoms with Crippen LogP contribution in [0, 0.1) is 5.82 Å². The van der Waals surface area contributed by atoms with Gasteiger partial charge in [0.1, 0.15) is 12.4 Å². The Morgan fingerprint density at radius 2 is 1.73 bits per heavy atom. The number of piperazine rings is 1. The van der Waals surface area contributed by atoms with Gasteiger partial charge in [-0.3, -0.25) is 9.69 Å². The SMILES string of the molecule is O=C(c1nn(-c2ccc(F)cc2)c2c1CCCC2)N1CCN(CCCOCC(F)(F)F)CC1. The maximum Gasteiger partial charge on any atom is 0.411 e. The van der Waals surface area contributed by atoms with E-state index < -0.39 is 12.8 Å². The fourth-order valence-electron chi connectivity index (χ4n) is 4.47. The molecule has 0 unspecified atom stereocenters. The molecule has 1 fully saturated rings. The number of fused-ring (bicyclic) bond motifs is 1. The van der Waals surface area contributed by atoms with Crippen LogP contribution in [0.1, 0.15) is 41.0 Å². The van der Waals surface area contributed by atoms with Crippen molar-refractivity contribution in [3.63, 3.8) is 0 Å². The molecule has 33 heavy (non-hydrogen) atoms. The van der Waals surface area contributed by atoms with E-state index in [4.69, 9.17) is 0 Å². The first-order chi connectivity index (χ1) is 15.8. The number of ether oxygens (including phenoxy) is 1. The van der Waals surface area contributed by atoms with Crippen molar-refractivity contribution >= 4 is 5.91 Å². The van der Waals surface area contributed by atoms with Gasteiger partial charge in [-0.1, -0.05) is 0 Å². The van der Waals surface area contributed by atoms with Gasteiger partial charge in [0.2, 0.25) is 0 Å². The van der Waals surface area contributed by atoms with Crippen molar-refractivity contribution in [2.45, 2.75) is 38.3 Å². The van der Waals surface area contributed by atoms with Crippen molar-refractivity contribution in [2.24, 2.45) is 0 Å². The van der Waals surface area contributed by atoms with Crippen LogP contribution in [0.3, 0.4) is 0 Å². The van der Waals surface area contributed by atoms with E-state index in [-0.39, 0.29) is 18.3 Å². The lowest BCUT2D eigenvalue weighted by Crippen LogP contribution is -2.49. The van der Waals surface area contributed by atoms with E-state index in [0.29, 0.717) is 44.8 Å². The Morgan fingerprint density at radius 1 is 1.03 bits per heavy atom. The van der Waals surface area contributed by atoms with E-state index in [1.165, 1.54) is 12.1 Å². The van der Waals surface area contributed by atoms with Crippen LogP contribution >= 0.6 is 0 Å². The Bertz CT molecular complexity index is 951. The highest BCUT2D eigenvalue weighted by molar-refractivity contribution is 5.94. The van der Waals surface area contributed by atoms with E-state index >= 15 is 0 Å².